The summed E-state index contributed by atoms with van der Waals surface area (Å²) >= 11 is 0. The molecule has 0 aliphatic rings. The topological polar surface area (TPSA) is 29.1 Å². The fourth-order valence-corrected chi connectivity index (χ4v) is 2.27. The number of carbonyl (C=O) groups is 1. The smallest absolute Gasteiger partial charge is 0.187 e. The number of benzene rings is 2. The Hall–Kier alpha value is -2.35. The molecule has 0 saturated heterocycles. The average molecular weight is 279 g/mol. The normalized spacial score (nSPS) is 10.9. The van der Waals surface area contributed by atoms with Crippen LogP contribution in [0.3, 0.4) is 0 Å². The SMILES string of the molecule is Cc1ccc(NC=CC(=O)c2cc(C)ccc2C)c(C)c1. The lowest BCUT2D eigenvalue weighted by Crippen LogP contribution is -2.00. The van der Waals surface area contributed by atoms with Gasteiger partial charge in [0, 0.05) is 23.5 Å². The lowest BCUT2D eigenvalue weighted by Gasteiger charge is -2.06. The summed E-state index contributed by atoms with van der Waals surface area (Å²) in [6.45, 7) is 8.07. The highest BCUT2D eigenvalue weighted by atomic mass is 16.1. The van der Waals surface area contributed by atoms with Crippen LogP contribution in [-0.2, 0) is 0 Å². The summed E-state index contributed by atoms with van der Waals surface area (Å²) < 4.78 is 0. The van der Waals surface area contributed by atoms with Gasteiger partial charge in [-0.2, -0.15) is 0 Å². The van der Waals surface area contributed by atoms with Gasteiger partial charge in [0.2, 0.25) is 0 Å². The number of hydrogen-bond acceptors (Lipinski definition) is 2. The van der Waals surface area contributed by atoms with Crippen LogP contribution in [0.2, 0.25) is 0 Å². The lowest BCUT2D eigenvalue weighted by molar-refractivity contribution is 0.104. The lowest BCUT2D eigenvalue weighted by atomic mass is 10.0. The number of nitrogens with one attached hydrogen (secondary N) is 1. The highest BCUT2D eigenvalue weighted by molar-refractivity contribution is 6.05. The van der Waals surface area contributed by atoms with Crippen LogP contribution in [0.25, 0.3) is 0 Å². The minimum absolute atomic E-state index is 0.0217. The van der Waals surface area contributed by atoms with E-state index in [1.807, 2.05) is 38.1 Å². The third kappa shape index (κ3) is 3.82. The largest absolute Gasteiger partial charge is 0.361 e. The minimum atomic E-state index is 0.0217. The van der Waals surface area contributed by atoms with Crippen LogP contribution in [0.5, 0.6) is 0 Å². The molecule has 0 aliphatic carbocycles. The molecule has 0 atom stereocenters. The molecule has 2 heteroatoms. The Morgan fingerprint density at radius 3 is 2.29 bits per heavy atom. The molecule has 0 unspecified atom stereocenters. The van der Waals surface area contributed by atoms with E-state index in [0.717, 1.165) is 22.4 Å². The zero-order chi connectivity index (χ0) is 15.4. The third-order valence-electron chi connectivity index (χ3n) is 3.51. The average Bonchev–Trinajstić information content (AvgIpc) is 2.43. The van der Waals surface area contributed by atoms with Crippen molar-refractivity contribution in [3.63, 3.8) is 0 Å². The Kier molecular flexibility index (Phi) is 4.59. The standard InChI is InChI=1S/C19H21NO/c1-13-6-8-18(16(4)11-13)20-10-9-19(21)17-12-14(2)5-7-15(17)3/h5-12,20H,1-4H3. The first-order chi connectivity index (χ1) is 9.97. The summed E-state index contributed by atoms with van der Waals surface area (Å²) in [6.07, 6.45) is 3.29. The molecule has 21 heavy (non-hydrogen) atoms. The van der Waals surface area contributed by atoms with Gasteiger partial charge in [0.25, 0.3) is 0 Å². The van der Waals surface area contributed by atoms with E-state index in [2.05, 4.69) is 31.3 Å². The van der Waals surface area contributed by atoms with Crippen molar-refractivity contribution in [1.82, 2.24) is 0 Å². The van der Waals surface area contributed by atoms with Crippen LogP contribution in [-0.4, -0.2) is 5.78 Å². The van der Waals surface area contributed by atoms with Crippen LogP contribution < -0.4 is 5.32 Å². The number of ketones is 1. The fraction of sp³-hybridized carbons (Fsp3) is 0.211. The maximum atomic E-state index is 12.2. The molecule has 2 nitrogen and oxygen atoms in total. The molecule has 0 radical (unpaired) electrons. The van der Waals surface area contributed by atoms with Crippen molar-refractivity contribution in [2.45, 2.75) is 27.7 Å². The minimum Gasteiger partial charge on any atom is -0.361 e. The molecule has 0 bridgehead atoms. The van der Waals surface area contributed by atoms with Gasteiger partial charge in [-0.15, -0.1) is 0 Å². The quantitative estimate of drug-likeness (QED) is 0.647. The Bertz CT molecular complexity index is 699. The molecule has 0 saturated carbocycles. The second-order valence-corrected chi connectivity index (χ2v) is 5.48. The molecule has 0 aromatic heterocycles. The summed E-state index contributed by atoms with van der Waals surface area (Å²) in [5.41, 5.74) is 6.27. The fourth-order valence-electron chi connectivity index (χ4n) is 2.27. The van der Waals surface area contributed by atoms with Crippen molar-refractivity contribution in [1.29, 1.82) is 0 Å². The second-order valence-electron chi connectivity index (χ2n) is 5.48. The van der Waals surface area contributed by atoms with E-state index in [0.29, 0.717) is 0 Å². The van der Waals surface area contributed by atoms with Crippen LogP contribution in [0, 0.1) is 27.7 Å². The van der Waals surface area contributed by atoms with Gasteiger partial charge in [0.05, 0.1) is 0 Å². The van der Waals surface area contributed by atoms with Crippen LogP contribution >= 0.6 is 0 Å². The van der Waals surface area contributed by atoms with Crippen LogP contribution in [0.15, 0.2) is 48.7 Å². The zero-order valence-corrected chi connectivity index (χ0v) is 13.0. The van der Waals surface area contributed by atoms with E-state index in [4.69, 9.17) is 0 Å². The van der Waals surface area contributed by atoms with Crippen molar-refractivity contribution >= 4 is 11.5 Å². The van der Waals surface area contributed by atoms with E-state index in [1.165, 1.54) is 11.1 Å². The zero-order valence-electron chi connectivity index (χ0n) is 13.0. The van der Waals surface area contributed by atoms with Crippen molar-refractivity contribution in [2.24, 2.45) is 0 Å². The van der Waals surface area contributed by atoms with E-state index < -0.39 is 0 Å². The molecule has 0 aliphatic heterocycles. The highest BCUT2D eigenvalue weighted by Gasteiger charge is 2.05. The van der Waals surface area contributed by atoms with Crippen molar-refractivity contribution < 1.29 is 4.79 Å². The van der Waals surface area contributed by atoms with Crippen molar-refractivity contribution in [3.05, 3.63) is 76.5 Å². The number of hydrogen-bond donors (Lipinski definition) is 1. The molecule has 108 valence electrons. The summed E-state index contributed by atoms with van der Waals surface area (Å²) in [5, 5.41) is 3.17. The Morgan fingerprint density at radius 2 is 1.57 bits per heavy atom. The van der Waals surface area contributed by atoms with Crippen LogP contribution in [0.4, 0.5) is 5.69 Å². The van der Waals surface area contributed by atoms with E-state index in [-0.39, 0.29) is 5.78 Å². The number of carbonyl (C=O) groups excluding carboxylic acids is 1. The number of allylic oxidation sites excluding steroid dienone is 1. The second kappa shape index (κ2) is 6.40. The summed E-state index contributed by atoms with van der Waals surface area (Å²) in [4.78, 5) is 12.2. The van der Waals surface area contributed by atoms with Crippen molar-refractivity contribution in [2.75, 3.05) is 5.32 Å². The van der Waals surface area contributed by atoms with E-state index >= 15 is 0 Å². The molecule has 0 heterocycles. The molecule has 0 spiro atoms. The van der Waals surface area contributed by atoms with Gasteiger partial charge in [-0.05, 0) is 51.0 Å². The molecule has 0 amide bonds. The molecule has 1 N–H and O–H groups in total. The Morgan fingerprint density at radius 1 is 0.905 bits per heavy atom. The molecule has 0 fully saturated rings. The number of anilines is 1. The summed E-state index contributed by atoms with van der Waals surface area (Å²) in [7, 11) is 0. The van der Waals surface area contributed by atoms with Crippen LogP contribution in [0.1, 0.15) is 32.6 Å². The van der Waals surface area contributed by atoms with Gasteiger partial charge in [0.1, 0.15) is 0 Å². The molecule has 2 aromatic carbocycles. The Labute approximate surface area is 126 Å². The molecule has 2 rings (SSSR count). The Balaban J connectivity index is 2.10. The molecule has 2 aromatic rings. The maximum absolute atomic E-state index is 12.2. The summed E-state index contributed by atoms with van der Waals surface area (Å²) in [6, 6.07) is 12.1. The predicted octanol–water partition coefficient (Wildman–Crippen LogP) is 4.73. The van der Waals surface area contributed by atoms with Gasteiger partial charge in [-0.1, -0.05) is 35.4 Å². The molecular formula is C19H21NO. The first-order valence-electron chi connectivity index (χ1n) is 7.09. The van der Waals surface area contributed by atoms with E-state index in [9.17, 15) is 4.79 Å². The first-order valence-corrected chi connectivity index (χ1v) is 7.09. The van der Waals surface area contributed by atoms with Gasteiger partial charge in [-0.25, -0.2) is 0 Å². The maximum Gasteiger partial charge on any atom is 0.187 e. The van der Waals surface area contributed by atoms with E-state index in [1.54, 1.807) is 12.3 Å². The molecular weight excluding hydrogens is 258 g/mol. The number of aryl methyl sites for hydroxylation is 4. The monoisotopic (exact) mass is 279 g/mol. The van der Waals surface area contributed by atoms with Gasteiger partial charge in [0.15, 0.2) is 5.78 Å². The third-order valence-corrected chi connectivity index (χ3v) is 3.51. The van der Waals surface area contributed by atoms with Gasteiger partial charge >= 0.3 is 0 Å². The predicted molar refractivity (Wildman–Crippen MR) is 88.9 cm³/mol. The first kappa shape index (κ1) is 15.0. The van der Waals surface area contributed by atoms with Crippen molar-refractivity contribution in [3.8, 4) is 0 Å². The number of rotatable bonds is 4. The van der Waals surface area contributed by atoms with Gasteiger partial charge in [-0.3, -0.25) is 4.79 Å². The van der Waals surface area contributed by atoms with Gasteiger partial charge < -0.3 is 5.32 Å². The highest BCUT2D eigenvalue weighted by Crippen LogP contribution is 2.16. The summed E-state index contributed by atoms with van der Waals surface area (Å²) in [5.74, 6) is 0.0217.